The number of imidazole rings is 1. The van der Waals surface area contributed by atoms with Crippen molar-refractivity contribution in [1.29, 1.82) is 0 Å². The first-order valence-electron chi connectivity index (χ1n) is 16.6. The smallest absolute Gasteiger partial charge is 0.297 e. The van der Waals surface area contributed by atoms with Crippen molar-refractivity contribution in [2.45, 2.75) is 60.0 Å². The van der Waals surface area contributed by atoms with Crippen LogP contribution in [0.2, 0.25) is 0 Å². The number of benzene rings is 4. The van der Waals surface area contributed by atoms with Gasteiger partial charge >= 0.3 is 0 Å². The van der Waals surface area contributed by atoms with Gasteiger partial charge in [0.25, 0.3) is 30.4 Å². The van der Waals surface area contributed by atoms with Crippen LogP contribution >= 0.6 is 0 Å². The van der Waals surface area contributed by atoms with E-state index in [2.05, 4.69) is 15.0 Å². The van der Waals surface area contributed by atoms with E-state index in [0.29, 0.717) is 11.2 Å². The summed E-state index contributed by atoms with van der Waals surface area (Å²) < 4.78 is 107. The van der Waals surface area contributed by atoms with Gasteiger partial charge in [0.05, 0.1) is 27.6 Å². The fraction of sp³-hybridized carbons (Fsp3) is 0.216. The van der Waals surface area contributed by atoms with E-state index in [1.165, 1.54) is 53.6 Å². The van der Waals surface area contributed by atoms with Gasteiger partial charge < -0.3 is 4.74 Å². The minimum absolute atomic E-state index is 0.159. The largest absolute Gasteiger partial charge is 0.346 e. The number of aromatic nitrogens is 4. The Labute approximate surface area is 312 Å². The maximum Gasteiger partial charge on any atom is 0.297 e. The third-order valence-electron chi connectivity index (χ3n) is 8.76. The summed E-state index contributed by atoms with van der Waals surface area (Å²) in [4.78, 5) is 12.7. The predicted octanol–water partition coefficient (Wildman–Crippen LogP) is 5.27. The zero-order valence-electron chi connectivity index (χ0n) is 29.1. The van der Waals surface area contributed by atoms with Gasteiger partial charge in [0.1, 0.15) is 29.7 Å². The standard InChI is InChI=1S/C37H34N4O10S3/c1-24-9-15-28(16-10-24)52(42,43)48-21-31-34(50-53(44,45)29-17-11-25(2)12-18-29)35(51-54(46,47)30-19-13-26(3)14-20-30)37(49-31)41-23-40-33-32(38-22-39-36(33)41)27-7-5-4-6-8-27/h4-20,22-23,31,34-35,37H,21H2,1-3H3/t31-,34-,35-,37-/m1/s1. The normalized spacial score (nSPS) is 19.3. The van der Waals surface area contributed by atoms with Crippen LogP contribution in [0, 0.1) is 20.8 Å². The molecule has 6 aromatic rings. The molecule has 0 saturated carbocycles. The van der Waals surface area contributed by atoms with E-state index in [4.69, 9.17) is 17.3 Å². The van der Waals surface area contributed by atoms with E-state index in [1.54, 1.807) is 57.2 Å². The molecule has 0 amide bonds. The molecule has 0 unspecified atom stereocenters. The Hall–Kier alpha value is -4.88. The summed E-state index contributed by atoms with van der Waals surface area (Å²) in [6.07, 6.45) is -3.98. The van der Waals surface area contributed by atoms with Crippen molar-refractivity contribution in [2.75, 3.05) is 6.61 Å². The van der Waals surface area contributed by atoms with Gasteiger partial charge in [-0.05, 0) is 57.2 Å². The van der Waals surface area contributed by atoms with Crippen LogP contribution in [0.1, 0.15) is 22.9 Å². The molecule has 2 aromatic heterocycles. The number of rotatable bonds is 12. The molecule has 1 aliphatic heterocycles. The fourth-order valence-electron chi connectivity index (χ4n) is 5.87. The van der Waals surface area contributed by atoms with Gasteiger partial charge in [0.2, 0.25) is 0 Å². The Balaban J connectivity index is 1.34. The van der Waals surface area contributed by atoms with Crippen LogP contribution < -0.4 is 0 Å². The molecule has 7 rings (SSSR count). The lowest BCUT2D eigenvalue weighted by Gasteiger charge is -2.24. The Kier molecular flexibility index (Phi) is 10.2. The summed E-state index contributed by atoms with van der Waals surface area (Å²) in [7, 11) is -13.7. The van der Waals surface area contributed by atoms with Crippen LogP contribution in [0.15, 0.2) is 130 Å². The van der Waals surface area contributed by atoms with Gasteiger partial charge in [0.15, 0.2) is 18.0 Å². The molecule has 4 aromatic carbocycles. The van der Waals surface area contributed by atoms with Crippen molar-refractivity contribution in [3.05, 3.63) is 132 Å². The average molecular weight is 791 g/mol. The number of fused-ring (bicyclic) bond motifs is 1. The fourth-order valence-corrected chi connectivity index (χ4v) is 8.98. The predicted molar refractivity (Wildman–Crippen MR) is 195 cm³/mol. The van der Waals surface area contributed by atoms with E-state index in [-0.39, 0.29) is 20.3 Å². The summed E-state index contributed by atoms with van der Waals surface area (Å²) in [5.41, 5.74) is 4.05. The van der Waals surface area contributed by atoms with Crippen LogP contribution in [0.4, 0.5) is 0 Å². The number of nitrogens with zero attached hydrogens (tertiary/aromatic N) is 4. The van der Waals surface area contributed by atoms with E-state index in [9.17, 15) is 25.3 Å². The first-order chi connectivity index (χ1) is 25.7. The SMILES string of the molecule is Cc1ccc(S(=O)(=O)OC[C@H]2O[C@@H](n3cnc4c(-c5ccccc5)ncnc43)[C@H](OS(=O)(=O)c3ccc(C)cc3)[C@@H]2OS(=O)(=O)c2ccc(C)cc2)cc1. The highest BCUT2D eigenvalue weighted by atomic mass is 32.2. The van der Waals surface area contributed by atoms with Crippen molar-refractivity contribution in [3.63, 3.8) is 0 Å². The van der Waals surface area contributed by atoms with Crippen molar-refractivity contribution in [1.82, 2.24) is 19.5 Å². The van der Waals surface area contributed by atoms with Crippen LogP contribution in [0.5, 0.6) is 0 Å². The lowest BCUT2D eigenvalue weighted by atomic mass is 10.1. The molecule has 4 atom stereocenters. The molecule has 17 heteroatoms. The van der Waals surface area contributed by atoms with Crippen molar-refractivity contribution < 1.29 is 42.5 Å². The van der Waals surface area contributed by atoms with E-state index in [0.717, 1.165) is 22.3 Å². The van der Waals surface area contributed by atoms with Crippen LogP contribution in [-0.4, -0.2) is 69.7 Å². The molecule has 1 saturated heterocycles. The number of hydrogen-bond acceptors (Lipinski definition) is 13. The van der Waals surface area contributed by atoms with Crippen molar-refractivity contribution >= 4 is 41.5 Å². The molecular weight excluding hydrogens is 757 g/mol. The first-order valence-corrected chi connectivity index (χ1v) is 20.8. The zero-order valence-corrected chi connectivity index (χ0v) is 31.5. The number of aryl methyl sites for hydroxylation is 3. The molecule has 1 aliphatic rings. The third kappa shape index (κ3) is 7.70. The summed E-state index contributed by atoms with van der Waals surface area (Å²) in [6, 6.07) is 26.7. The van der Waals surface area contributed by atoms with Gasteiger partial charge in [-0.2, -0.15) is 25.3 Å². The monoisotopic (exact) mass is 790 g/mol. The first kappa shape index (κ1) is 37.4. The molecule has 14 nitrogen and oxygen atoms in total. The van der Waals surface area contributed by atoms with Gasteiger partial charge in [-0.15, -0.1) is 0 Å². The second-order valence-electron chi connectivity index (χ2n) is 12.7. The second-order valence-corrected chi connectivity index (χ2v) is 17.4. The quantitative estimate of drug-likeness (QED) is 0.146. The molecule has 0 N–H and O–H groups in total. The van der Waals surface area contributed by atoms with Crippen LogP contribution in [-0.2, 0) is 47.6 Å². The lowest BCUT2D eigenvalue weighted by Crippen LogP contribution is -2.41. The highest BCUT2D eigenvalue weighted by molar-refractivity contribution is 7.87. The van der Waals surface area contributed by atoms with E-state index in [1.807, 2.05) is 30.3 Å². The average Bonchev–Trinajstić information content (AvgIpc) is 3.72. The molecule has 280 valence electrons. The molecule has 0 aliphatic carbocycles. The summed E-state index contributed by atoms with van der Waals surface area (Å²) >= 11 is 0. The maximum atomic E-state index is 13.9. The van der Waals surface area contributed by atoms with Gasteiger partial charge in [-0.25, -0.2) is 15.0 Å². The highest BCUT2D eigenvalue weighted by Gasteiger charge is 2.53. The molecule has 0 radical (unpaired) electrons. The molecular formula is C37H34N4O10S3. The summed E-state index contributed by atoms with van der Waals surface area (Å²) in [5.74, 6) is 0. The second kappa shape index (κ2) is 14.7. The van der Waals surface area contributed by atoms with Gasteiger partial charge in [-0.3, -0.25) is 17.1 Å². The van der Waals surface area contributed by atoms with Crippen molar-refractivity contribution in [2.24, 2.45) is 0 Å². The summed E-state index contributed by atoms with van der Waals surface area (Å²) in [6.45, 7) is 4.56. The van der Waals surface area contributed by atoms with Gasteiger partial charge in [0, 0.05) is 5.56 Å². The maximum absolute atomic E-state index is 13.9. The van der Waals surface area contributed by atoms with E-state index >= 15 is 0 Å². The minimum Gasteiger partial charge on any atom is -0.346 e. The van der Waals surface area contributed by atoms with Crippen molar-refractivity contribution in [3.8, 4) is 11.3 Å². The zero-order chi connectivity index (χ0) is 38.3. The molecule has 0 spiro atoms. The molecule has 54 heavy (non-hydrogen) atoms. The Bertz CT molecular complexity index is 2620. The number of hydrogen-bond donors (Lipinski definition) is 0. The minimum atomic E-state index is -4.65. The Morgan fingerprint density at radius 3 is 1.65 bits per heavy atom. The number of ether oxygens (including phenoxy) is 1. The Morgan fingerprint density at radius 2 is 1.11 bits per heavy atom. The van der Waals surface area contributed by atoms with Crippen LogP contribution in [0.25, 0.3) is 22.4 Å². The topological polar surface area (TPSA) is 183 Å². The highest BCUT2D eigenvalue weighted by Crippen LogP contribution is 2.40. The lowest BCUT2D eigenvalue weighted by molar-refractivity contribution is -0.0419. The molecule has 0 bridgehead atoms. The van der Waals surface area contributed by atoms with Gasteiger partial charge in [-0.1, -0.05) is 83.4 Å². The van der Waals surface area contributed by atoms with E-state index < -0.39 is 61.5 Å². The molecule has 3 heterocycles. The Morgan fingerprint density at radius 1 is 0.611 bits per heavy atom. The third-order valence-corrected chi connectivity index (χ3v) is 12.7. The molecule has 1 fully saturated rings. The van der Waals surface area contributed by atoms with Crippen LogP contribution in [0.3, 0.4) is 0 Å². The summed E-state index contributed by atoms with van der Waals surface area (Å²) in [5, 5.41) is 0.